The van der Waals surface area contributed by atoms with E-state index < -0.39 is 0 Å². The van der Waals surface area contributed by atoms with Crippen LogP contribution in [0.1, 0.15) is 37.7 Å². The molecule has 1 saturated heterocycles. The van der Waals surface area contributed by atoms with Gasteiger partial charge in [-0.1, -0.05) is 49.6 Å². The molecule has 0 bridgehead atoms. The molecule has 1 unspecified atom stereocenters. The number of amides is 1. The van der Waals surface area contributed by atoms with Crippen LogP contribution in [0.4, 0.5) is 0 Å². The number of hydrogen-bond acceptors (Lipinski definition) is 3. The Kier molecular flexibility index (Phi) is 6.38. The van der Waals surface area contributed by atoms with Crippen molar-refractivity contribution in [1.82, 2.24) is 15.2 Å². The lowest BCUT2D eigenvalue weighted by Crippen LogP contribution is -2.36. The molecule has 148 valence electrons. The van der Waals surface area contributed by atoms with Gasteiger partial charge in [-0.25, -0.2) is 0 Å². The highest BCUT2D eigenvalue weighted by atomic mass is 16.1. The van der Waals surface area contributed by atoms with Crippen LogP contribution in [0.2, 0.25) is 0 Å². The third-order valence-electron chi connectivity index (χ3n) is 6.22. The Morgan fingerprint density at radius 1 is 1.07 bits per heavy atom. The van der Waals surface area contributed by atoms with Crippen molar-refractivity contribution in [3.05, 3.63) is 54.4 Å². The predicted octanol–water partition coefficient (Wildman–Crippen LogP) is 3.92. The van der Waals surface area contributed by atoms with E-state index >= 15 is 0 Å². The van der Waals surface area contributed by atoms with E-state index in [1.54, 1.807) is 6.20 Å². The molecule has 1 N–H and O–H groups in total. The summed E-state index contributed by atoms with van der Waals surface area (Å²) < 4.78 is 0. The van der Waals surface area contributed by atoms with E-state index in [2.05, 4.69) is 45.5 Å². The van der Waals surface area contributed by atoms with Crippen LogP contribution in [0.15, 0.2) is 48.8 Å². The minimum atomic E-state index is 0.0234. The third kappa shape index (κ3) is 4.99. The minimum absolute atomic E-state index is 0.0234. The maximum atomic E-state index is 12.7. The molecule has 4 rings (SSSR count). The summed E-state index contributed by atoms with van der Waals surface area (Å²) in [5.41, 5.74) is 3.51. The zero-order valence-corrected chi connectivity index (χ0v) is 16.6. The number of carbonyl (C=O) groups is 1. The average molecular weight is 378 g/mol. The van der Waals surface area contributed by atoms with Crippen LogP contribution in [0.5, 0.6) is 0 Å². The summed E-state index contributed by atoms with van der Waals surface area (Å²) in [7, 11) is 0. The van der Waals surface area contributed by atoms with Crippen molar-refractivity contribution in [2.75, 3.05) is 26.2 Å². The van der Waals surface area contributed by atoms with Crippen LogP contribution in [0.3, 0.4) is 0 Å². The van der Waals surface area contributed by atoms with Gasteiger partial charge in [0.15, 0.2) is 0 Å². The lowest BCUT2D eigenvalue weighted by molar-refractivity contribution is -0.124. The fourth-order valence-electron chi connectivity index (χ4n) is 4.72. The molecule has 0 radical (unpaired) electrons. The first-order valence-corrected chi connectivity index (χ1v) is 10.8. The topological polar surface area (TPSA) is 45.2 Å². The molecule has 28 heavy (non-hydrogen) atoms. The Hall–Kier alpha value is -2.20. The molecule has 2 fully saturated rings. The van der Waals surface area contributed by atoms with Gasteiger partial charge in [-0.15, -0.1) is 0 Å². The van der Waals surface area contributed by atoms with Gasteiger partial charge >= 0.3 is 0 Å². The molecule has 2 aromatic rings. The van der Waals surface area contributed by atoms with Gasteiger partial charge in [-0.05, 0) is 47.9 Å². The number of benzene rings is 1. The summed E-state index contributed by atoms with van der Waals surface area (Å²) in [6.45, 7) is 3.78. The van der Waals surface area contributed by atoms with Crippen LogP contribution < -0.4 is 5.32 Å². The summed E-state index contributed by atoms with van der Waals surface area (Å²) in [5, 5.41) is 3.14. The highest BCUT2D eigenvalue weighted by molar-refractivity contribution is 5.79. The molecule has 1 aromatic carbocycles. The van der Waals surface area contributed by atoms with E-state index in [1.165, 1.54) is 43.2 Å². The van der Waals surface area contributed by atoms with Crippen molar-refractivity contribution in [2.24, 2.45) is 11.8 Å². The number of pyridine rings is 1. The molecule has 4 heteroatoms. The largest absolute Gasteiger partial charge is 0.355 e. The normalized spacial score (nSPS) is 21.9. The van der Waals surface area contributed by atoms with E-state index in [-0.39, 0.29) is 11.8 Å². The third-order valence-corrected chi connectivity index (χ3v) is 6.22. The summed E-state index contributed by atoms with van der Waals surface area (Å²) in [5.74, 6) is 1.05. The highest BCUT2D eigenvalue weighted by Crippen LogP contribution is 2.26. The average Bonchev–Trinajstić information content (AvgIpc) is 2.91. The second kappa shape index (κ2) is 9.33. The van der Waals surface area contributed by atoms with Gasteiger partial charge in [0.05, 0.1) is 5.92 Å². The first kappa shape index (κ1) is 19.1. The maximum absolute atomic E-state index is 12.7. The van der Waals surface area contributed by atoms with Crippen molar-refractivity contribution in [1.29, 1.82) is 0 Å². The molecular formula is C24H31N3O. The van der Waals surface area contributed by atoms with Crippen LogP contribution in [0, 0.1) is 11.8 Å². The number of nitrogens with one attached hydrogen (secondary N) is 1. The van der Waals surface area contributed by atoms with Crippen molar-refractivity contribution in [3.63, 3.8) is 0 Å². The fourth-order valence-corrected chi connectivity index (χ4v) is 4.72. The van der Waals surface area contributed by atoms with E-state index in [4.69, 9.17) is 0 Å². The Labute approximate surface area is 168 Å². The van der Waals surface area contributed by atoms with E-state index in [0.29, 0.717) is 0 Å². The highest BCUT2D eigenvalue weighted by Gasteiger charge is 2.27. The summed E-state index contributed by atoms with van der Waals surface area (Å²) >= 11 is 0. The number of carbonyl (C=O) groups excluding carboxylic acids is 1. The zero-order chi connectivity index (χ0) is 19.2. The molecule has 2 heterocycles. The Morgan fingerprint density at radius 2 is 1.93 bits per heavy atom. The monoisotopic (exact) mass is 377 g/mol. The van der Waals surface area contributed by atoms with Crippen molar-refractivity contribution >= 4 is 5.91 Å². The van der Waals surface area contributed by atoms with Gasteiger partial charge in [0.2, 0.25) is 5.91 Å². The standard InChI is InChI=1S/C24H31N3O/c28-24-23(18-27(13-12-26-24)17-19-6-2-1-3-7-19)15-20-8-4-9-21(14-20)22-10-5-11-25-16-22/h4-5,8-11,14,16,19,23H,1-3,6-7,12-13,15,17-18H2,(H,26,28). The smallest absolute Gasteiger partial charge is 0.224 e. The predicted molar refractivity (Wildman–Crippen MR) is 113 cm³/mol. The SMILES string of the molecule is O=C1NCCN(CC2CCCCC2)CC1Cc1cccc(-c2cccnc2)c1. The number of rotatable bonds is 5. The number of hydrogen-bond donors (Lipinski definition) is 1. The van der Waals surface area contributed by atoms with Gasteiger partial charge in [0.25, 0.3) is 0 Å². The van der Waals surface area contributed by atoms with Crippen molar-refractivity contribution in [2.45, 2.75) is 38.5 Å². The molecule has 1 amide bonds. The van der Waals surface area contributed by atoms with Crippen LogP contribution >= 0.6 is 0 Å². The minimum Gasteiger partial charge on any atom is -0.355 e. The molecular weight excluding hydrogens is 346 g/mol. The first-order valence-electron chi connectivity index (χ1n) is 10.8. The van der Waals surface area contributed by atoms with Gasteiger partial charge in [0, 0.05) is 38.6 Å². The molecule has 2 aliphatic rings. The lowest BCUT2D eigenvalue weighted by Gasteiger charge is -2.29. The second-order valence-electron chi connectivity index (χ2n) is 8.40. The van der Waals surface area contributed by atoms with E-state index in [0.717, 1.165) is 44.1 Å². The van der Waals surface area contributed by atoms with Crippen LogP contribution in [-0.4, -0.2) is 42.0 Å². The second-order valence-corrected chi connectivity index (χ2v) is 8.40. The summed E-state index contributed by atoms with van der Waals surface area (Å²) in [6.07, 6.45) is 11.3. The molecule has 1 atom stereocenters. The number of nitrogens with zero attached hydrogens (tertiary/aromatic N) is 2. The summed E-state index contributed by atoms with van der Waals surface area (Å²) in [4.78, 5) is 19.4. The Balaban J connectivity index is 1.44. The number of aromatic nitrogens is 1. The van der Waals surface area contributed by atoms with Crippen LogP contribution in [-0.2, 0) is 11.2 Å². The van der Waals surface area contributed by atoms with Gasteiger partial charge in [0.1, 0.15) is 0 Å². The van der Waals surface area contributed by atoms with E-state index in [1.807, 2.05) is 12.3 Å². The van der Waals surface area contributed by atoms with Gasteiger partial charge in [-0.3, -0.25) is 9.78 Å². The van der Waals surface area contributed by atoms with Gasteiger partial charge in [-0.2, -0.15) is 0 Å². The summed E-state index contributed by atoms with van der Waals surface area (Å²) in [6, 6.07) is 12.6. The Bertz CT molecular complexity index is 770. The molecule has 1 aromatic heterocycles. The van der Waals surface area contributed by atoms with Crippen molar-refractivity contribution in [3.8, 4) is 11.1 Å². The van der Waals surface area contributed by atoms with Crippen LogP contribution in [0.25, 0.3) is 11.1 Å². The molecule has 1 saturated carbocycles. The lowest BCUT2D eigenvalue weighted by atomic mass is 9.88. The fraction of sp³-hybridized carbons (Fsp3) is 0.500. The maximum Gasteiger partial charge on any atom is 0.224 e. The van der Waals surface area contributed by atoms with E-state index in [9.17, 15) is 4.79 Å². The molecule has 1 aliphatic heterocycles. The molecule has 4 nitrogen and oxygen atoms in total. The first-order chi connectivity index (χ1) is 13.8. The molecule has 1 aliphatic carbocycles. The van der Waals surface area contributed by atoms with Gasteiger partial charge < -0.3 is 10.2 Å². The quantitative estimate of drug-likeness (QED) is 0.859. The zero-order valence-electron chi connectivity index (χ0n) is 16.6. The molecule has 0 spiro atoms. The van der Waals surface area contributed by atoms with Crippen molar-refractivity contribution < 1.29 is 4.79 Å². The Morgan fingerprint density at radius 3 is 2.75 bits per heavy atom.